The molecule has 0 N–H and O–H groups in total. The molecule has 1 saturated heterocycles. The zero-order chi connectivity index (χ0) is 12.7. The van der Waals surface area contributed by atoms with Crippen molar-refractivity contribution in [2.24, 2.45) is 0 Å². The van der Waals surface area contributed by atoms with Gasteiger partial charge in [-0.3, -0.25) is 0 Å². The molecule has 1 aliphatic rings. The molecule has 0 radical (unpaired) electrons. The van der Waals surface area contributed by atoms with Crippen molar-refractivity contribution in [2.45, 2.75) is 70.8 Å². The molecule has 1 rings (SSSR count). The van der Waals surface area contributed by atoms with Gasteiger partial charge in [-0.25, -0.2) is 8.42 Å². The Morgan fingerprint density at radius 1 is 1.00 bits per heavy atom. The molecule has 1 unspecified atom stereocenters. The van der Waals surface area contributed by atoms with Crippen molar-refractivity contribution in [3.8, 4) is 0 Å². The maximum absolute atomic E-state index is 11.2. The van der Waals surface area contributed by atoms with Crippen LogP contribution in [-0.2, 0) is 10.0 Å². The minimum atomic E-state index is -2.90. The maximum atomic E-state index is 11.2. The van der Waals surface area contributed by atoms with Crippen LogP contribution in [0.5, 0.6) is 0 Å². The van der Waals surface area contributed by atoms with Crippen molar-refractivity contribution < 1.29 is 8.42 Å². The fourth-order valence-corrected chi connectivity index (χ4v) is 3.41. The topological polar surface area (TPSA) is 37.1 Å². The highest BCUT2D eigenvalue weighted by Crippen LogP contribution is 2.26. The fourth-order valence-electron chi connectivity index (χ4n) is 2.32. The van der Waals surface area contributed by atoms with Crippen molar-refractivity contribution in [1.82, 2.24) is 4.31 Å². The van der Waals surface area contributed by atoms with Gasteiger partial charge in [0.2, 0.25) is 10.0 Å². The third kappa shape index (κ3) is 6.41. The predicted molar refractivity (Wildman–Crippen MR) is 72.6 cm³/mol. The first-order valence-electron chi connectivity index (χ1n) is 7.02. The normalized spacial score (nSPS) is 23.9. The van der Waals surface area contributed by atoms with E-state index in [4.69, 9.17) is 0 Å². The highest BCUT2D eigenvalue weighted by Gasteiger charge is 2.40. The van der Waals surface area contributed by atoms with Gasteiger partial charge in [0.25, 0.3) is 0 Å². The average molecular weight is 261 g/mol. The van der Waals surface area contributed by atoms with Crippen LogP contribution in [-0.4, -0.2) is 31.6 Å². The van der Waals surface area contributed by atoms with E-state index in [0.29, 0.717) is 6.04 Å². The molecule has 1 heterocycles. The van der Waals surface area contributed by atoms with Crippen LogP contribution in [0.4, 0.5) is 0 Å². The van der Waals surface area contributed by atoms with Crippen LogP contribution in [0.3, 0.4) is 0 Å². The zero-order valence-corrected chi connectivity index (χ0v) is 12.1. The van der Waals surface area contributed by atoms with Crippen LogP contribution in [0.2, 0.25) is 0 Å². The van der Waals surface area contributed by atoms with Crippen LogP contribution in [0.25, 0.3) is 0 Å². The second kappa shape index (κ2) is 7.37. The Morgan fingerprint density at radius 2 is 1.53 bits per heavy atom. The molecule has 0 bridgehead atoms. The summed E-state index contributed by atoms with van der Waals surface area (Å²) in [6.45, 7) is 3.00. The fraction of sp³-hybridized carbons (Fsp3) is 1.00. The molecule has 0 aromatic rings. The molecular weight excluding hydrogens is 234 g/mol. The first-order chi connectivity index (χ1) is 8.05. The lowest BCUT2D eigenvalue weighted by atomic mass is 10.1. The second-order valence-electron chi connectivity index (χ2n) is 5.25. The van der Waals surface area contributed by atoms with Crippen molar-refractivity contribution in [3.05, 3.63) is 0 Å². The number of sulfonamides is 1. The van der Waals surface area contributed by atoms with Gasteiger partial charge in [0, 0.05) is 12.6 Å². The molecule has 0 aromatic heterocycles. The number of nitrogens with zero attached hydrogens (tertiary/aromatic N) is 1. The molecule has 0 aliphatic carbocycles. The average Bonchev–Trinajstić information content (AvgIpc) is 3.01. The third-order valence-corrected chi connectivity index (χ3v) is 4.78. The van der Waals surface area contributed by atoms with E-state index in [9.17, 15) is 8.42 Å². The quantitative estimate of drug-likeness (QED) is 0.447. The first-order valence-corrected chi connectivity index (χ1v) is 8.87. The van der Waals surface area contributed by atoms with Crippen LogP contribution >= 0.6 is 0 Å². The van der Waals surface area contributed by atoms with Gasteiger partial charge in [-0.15, -0.1) is 0 Å². The molecule has 0 aromatic carbocycles. The van der Waals surface area contributed by atoms with E-state index < -0.39 is 10.0 Å². The summed E-state index contributed by atoms with van der Waals surface area (Å²) in [6.07, 6.45) is 12.9. The summed E-state index contributed by atoms with van der Waals surface area (Å²) in [4.78, 5) is 0. The van der Waals surface area contributed by atoms with E-state index in [1.165, 1.54) is 57.6 Å². The van der Waals surface area contributed by atoms with Gasteiger partial charge in [0.1, 0.15) is 0 Å². The Balaban J connectivity index is 1.86. The lowest BCUT2D eigenvalue weighted by molar-refractivity contribution is 0.533. The summed E-state index contributed by atoms with van der Waals surface area (Å²) >= 11 is 0. The molecule has 4 heteroatoms. The molecule has 1 aliphatic heterocycles. The molecule has 17 heavy (non-hydrogen) atoms. The molecule has 3 nitrogen and oxygen atoms in total. The number of unbranched alkanes of at least 4 members (excludes halogenated alkanes) is 7. The van der Waals surface area contributed by atoms with E-state index >= 15 is 0 Å². The highest BCUT2D eigenvalue weighted by molar-refractivity contribution is 7.88. The summed E-state index contributed by atoms with van der Waals surface area (Å²) < 4.78 is 23.9. The lowest BCUT2D eigenvalue weighted by Crippen LogP contribution is -2.11. The largest absolute Gasteiger partial charge is 0.212 e. The molecular formula is C13H27NO2S. The monoisotopic (exact) mass is 261 g/mol. The molecule has 0 spiro atoms. The summed E-state index contributed by atoms with van der Waals surface area (Å²) in [7, 11) is -2.90. The Kier molecular flexibility index (Phi) is 6.49. The van der Waals surface area contributed by atoms with Crippen molar-refractivity contribution in [2.75, 3.05) is 12.8 Å². The highest BCUT2D eigenvalue weighted by atomic mass is 32.2. The van der Waals surface area contributed by atoms with Crippen LogP contribution in [0, 0.1) is 0 Å². The van der Waals surface area contributed by atoms with Crippen LogP contribution < -0.4 is 0 Å². The molecule has 2 atom stereocenters. The van der Waals surface area contributed by atoms with Crippen molar-refractivity contribution in [3.63, 3.8) is 0 Å². The first kappa shape index (κ1) is 15.0. The summed E-state index contributed by atoms with van der Waals surface area (Å²) in [5.41, 5.74) is 0. The van der Waals surface area contributed by atoms with Gasteiger partial charge in [-0.2, -0.15) is 4.31 Å². The van der Waals surface area contributed by atoms with Crippen molar-refractivity contribution in [1.29, 1.82) is 0 Å². The van der Waals surface area contributed by atoms with Gasteiger partial charge in [-0.05, 0) is 6.42 Å². The molecule has 102 valence electrons. The van der Waals surface area contributed by atoms with Gasteiger partial charge in [0.15, 0.2) is 0 Å². The van der Waals surface area contributed by atoms with E-state index in [-0.39, 0.29) is 0 Å². The zero-order valence-electron chi connectivity index (χ0n) is 11.3. The molecule has 1 fully saturated rings. The third-order valence-electron chi connectivity index (χ3n) is 3.48. The van der Waals surface area contributed by atoms with E-state index in [2.05, 4.69) is 6.92 Å². The minimum Gasteiger partial charge on any atom is -0.212 e. The second-order valence-corrected chi connectivity index (χ2v) is 7.19. The molecule has 0 saturated carbocycles. The lowest BCUT2D eigenvalue weighted by Gasteiger charge is -2.02. The SMILES string of the molecule is CCCCCCCCCC[C@@H]1CN1S(C)(=O)=O. The Hall–Kier alpha value is -0.0900. The maximum Gasteiger partial charge on any atom is 0.211 e. The Morgan fingerprint density at radius 3 is 2.00 bits per heavy atom. The summed E-state index contributed by atoms with van der Waals surface area (Å²) in [6, 6.07) is 0.324. The standard InChI is InChI=1S/C13H27NO2S/c1-3-4-5-6-7-8-9-10-11-13-12-14(13)17(2,15)16/h13H,3-12H2,1-2H3/t13-,14?/m1/s1. The number of hydrogen-bond acceptors (Lipinski definition) is 2. The minimum absolute atomic E-state index is 0.324. The van der Waals surface area contributed by atoms with Gasteiger partial charge < -0.3 is 0 Å². The Labute approximate surface area is 107 Å². The van der Waals surface area contributed by atoms with E-state index in [1.807, 2.05) is 0 Å². The molecule has 0 amide bonds. The summed E-state index contributed by atoms with van der Waals surface area (Å²) in [5, 5.41) is 0. The number of rotatable bonds is 10. The van der Waals surface area contributed by atoms with E-state index in [1.54, 1.807) is 4.31 Å². The number of hydrogen-bond donors (Lipinski definition) is 0. The van der Waals surface area contributed by atoms with E-state index in [0.717, 1.165) is 13.0 Å². The predicted octanol–water partition coefficient (Wildman–Crippen LogP) is 3.16. The van der Waals surface area contributed by atoms with Crippen LogP contribution in [0.15, 0.2) is 0 Å². The van der Waals surface area contributed by atoms with Crippen LogP contribution in [0.1, 0.15) is 64.7 Å². The van der Waals surface area contributed by atoms with Gasteiger partial charge in [-0.1, -0.05) is 58.3 Å². The Bertz CT molecular complexity index is 301. The van der Waals surface area contributed by atoms with Gasteiger partial charge >= 0.3 is 0 Å². The van der Waals surface area contributed by atoms with Crippen molar-refractivity contribution >= 4 is 10.0 Å². The van der Waals surface area contributed by atoms with Gasteiger partial charge in [0.05, 0.1) is 6.26 Å². The smallest absolute Gasteiger partial charge is 0.211 e. The summed E-state index contributed by atoms with van der Waals surface area (Å²) in [5.74, 6) is 0.